The Kier molecular flexibility index (Phi) is 3.68. The van der Waals surface area contributed by atoms with Crippen LogP contribution in [0.25, 0.3) is 33.1 Å². The lowest BCUT2D eigenvalue weighted by Crippen LogP contribution is -2.01. The maximum Gasteiger partial charge on any atom is 0.336 e. The van der Waals surface area contributed by atoms with E-state index in [1.165, 1.54) is 12.1 Å². The maximum atomic E-state index is 13.2. The third kappa shape index (κ3) is 2.54. The van der Waals surface area contributed by atoms with E-state index in [0.29, 0.717) is 11.2 Å². The second-order valence-corrected chi connectivity index (χ2v) is 6.27. The van der Waals surface area contributed by atoms with Crippen LogP contribution in [0.5, 0.6) is 0 Å². The molecule has 2 heterocycles. The third-order valence-electron chi connectivity index (χ3n) is 4.50. The molecule has 0 aliphatic rings. The van der Waals surface area contributed by atoms with Crippen molar-refractivity contribution in [2.75, 3.05) is 0 Å². The quantitative estimate of drug-likeness (QED) is 0.457. The van der Waals surface area contributed by atoms with Gasteiger partial charge in [-0.3, -0.25) is 0 Å². The molecule has 0 saturated carbocycles. The van der Waals surface area contributed by atoms with Gasteiger partial charge in [0.2, 0.25) is 0 Å². The predicted octanol–water partition coefficient (Wildman–Crippen LogP) is 5.61. The fourth-order valence-electron chi connectivity index (χ4n) is 3.43. The molecular weight excluding hydrogens is 319 g/mol. The fraction of sp³-hybridized carbons (Fsp3) is 0.190. The highest BCUT2D eigenvalue weighted by molar-refractivity contribution is 6.10. The Morgan fingerprint density at radius 2 is 1.84 bits per heavy atom. The molecule has 0 fully saturated rings. The molecule has 0 aliphatic carbocycles. The van der Waals surface area contributed by atoms with Crippen molar-refractivity contribution >= 4 is 21.9 Å². The zero-order valence-corrected chi connectivity index (χ0v) is 14.1. The average Bonchev–Trinajstić information content (AvgIpc) is 3.01. The molecule has 126 valence electrons. The Bertz CT molecular complexity index is 1130. The first-order valence-electron chi connectivity index (χ1n) is 8.32. The van der Waals surface area contributed by atoms with E-state index in [-0.39, 0.29) is 11.4 Å². The second kappa shape index (κ2) is 5.88. The molecule has 2 aromatic carbocycles. The Morgan fingerprint density at radius 3 is 2.56 bits per heavy atom. The maximum absolute atomic E-state index is 13.2. The number of hydrogen-bond donors (Lipinski definition) is 0. The zero-order chi connectivity index (χ0) is 17.6. The number of aryl methyl sites for hydroxylation is 2. The van der Waals surface area contributed by atoms with Crippen molar-refractivity contribution in [3.63, 3.8) is 0 Å². The van der Waals surface area contributed by atoms with Gasteiger partial charge in [-0.05, 0) is 48.2 Å². The Morgan fingerprint density at radius 1 is 1.08 bits per heavy atom. The van der Waals surface area contributed by atoms with Crippen molar-refractivity contribution in [1.29, 1.82) is 0 Å². The van der Waals surface area contributed by atoms with E-state index in [4.69, 9.17) is 8.83 Å². The molecular formula is C21H17FO3. The van der Waals surface area contributed by atoms with E-state index in [2.05, 4.69) is 6.92 Å². The summed E-state index contributed by atoms with van der Waals surface area (Å²) in [7, 11) is 0. The number of benzene rings is 2. The monoisotopic (exact) mass is 336 g/mol. The van der Waals surface area contributed by atoms with Crippen LogP contribution in [0.4, 0.5) is 4.39 Å². The summed E-state index contributed by atoms with van der Waals surface area (Å²) in [5, 5.41) is 1.81. The van der Waals surface area contributed by atoms with Gasteiger partial charge in [0, 0.05) is 17.0 Å². The van der Waals surface area contributed by atoms with Crippen LogP contribution in [0.1, 0.15) is 24.5 Å². The molecule has 0 N–H and O–H groups in total. The Hall–Kier alpha value is -2.88. The van der Waals surface area contributed by atoms with Crippen molar-refractivity contribution in [1.82, 2.24) is 0 Å². The van der Waals surface area contributed by atoms with E-state index in [9.17, 15) is 9.18 Å². The van der Waals surface area contributed by atoms with Crippen LogP contribution in [0.15, 0.2) is 56.3 Å². The van der Waals surface area contributed by atoms with E-state index >= 15 is 0 Å². The van der Waals surface area contributed by atoms with E-state index < -0.39 is 0 Å². The molecule has 0 bridgehead atoms. The molecule has 0 saturated heterocycles. The smallest absolute Gasteiger partial charge is 0.336 e. The van der Waals surface area contributed by atoms with Crippen LogP contribution >= 0.6 is 0 Å². The molecule has 0 amide bonds. The first-order valence-corrected chi connectivity index (χ1v) is 8.32. The lowest BCUT2D eigenvalue weighted by molar-refractivity contribution is 0.557. The van der Waals surface area contributed by atoms with E-state index in [1.807, 2.05) is 13.0 Å². The molecule has 0 radical (unpaired) electrons. The minimum atomic E-state index is -0.347. The molecule has 0 atom stereocenters. The number of halogens is 1. The summed E-state index contributed by atoms with van der Waals surface area (Å²) in [5.41, 5.74) is 4.58. The van der Waals surface area contributed by atoms with Crippen LogP contribution in [0.3, 0.4) is 0 Å². The van der Waals surface area contributed by atoms with Gasteiger partial charge in [-0.1, -0.05) is 25.5 Å². The number of rotatable bonds is 3. The molecule has 4 aromatic rings. The molecule has 4 rings (SSSR count). The first-order chi connectivity index (χ1) is 12.1. The molecule has 3 nitrogen and oxygen atoms in total. The zero-order valence-electron chi connectivity index (χ0n) is 14.1. The largest absolute Gasteiger partial charge is 0.463 e. The van der Waals surface area contributed by atoms with Gasteiger partial charge < -0.3 is 8.83 Å². The Labute approximate surface area is 143 Å². The highest BCUT2D eigenvalue weighted by atomic mass is 19.1. The summed E-state index contributed by atoms with van der Waals surface area (Å²) < 4.78 is 24.5. The summed E-state index contributed by atoms with van der Waals surface area (Å²) in [6, 6.07) is 9.77. The van der Waals surface area contributed by atoms with Crippen LogP contribution < -0.4 is 5.63 Å². The molecule has 0 spiro atoms. The first kappa shape index (κ1) is 15.6. The van der Waals surface area contributed by atoms with Gasteiger partial charge in [0.15, 0.2) is 0 Å². The Balaban J connectivity index is 2.09. The summed E-state index contributed by atoms with van der Waals surface area (Å²) >= 11 is 0. The molecule has 4 heteroatoms. The lowest BCUT2D eigenvalue weighted by Gasteiger charge is -2.07. The van der Waals surface area contributed by atoms with Crippen LogP contribution in [0, 0.1) is 12.7 Å². The van der Waals surface area contributed by atoms with Crippen molar-refractivity contribution in [2.24, 2.45) is 0 Å². The van der Waals surface area contributed by atoms with Gasteiger partial charge in [-0.15, -0.1) is 0 Å². The van der Waals surface area contributed by atoms with Gasteiger partial charge in [-0.2, -0.15) is 0 Å². The lowest BCUT2D eigenvalue weighted by atomic mass is 9.97. The number of fused-ring (bicyclic) bond motifs is 3. The normalized spacial score (nSPS) is 11.5. The fourth-order valence-corrected chi connectivity index (χ4v) is 3.43. The summed E-state index contributed by atoms with van der Waals surface area (Å²) in [5.74, 6) is -0.272. The minimum Gasteiger partial charge on any atom is -0.463 e. The number of hydrogen-bond acceptors (Lipinski definition) is 3. The number of furan rings is 1. The van der Waals surface area contributed by atoms with Crippen molar-refractivity contribution < 1.29 is 13.2 Å². The topological polar surface area (TPSA) is 43.4 Å². The highest BCUT2D eigenvalue weighted by Gasteiger charge is 2.18. The standard InChI is InChI=1S/C21H17FO3/c1-3-4-14-10-18(23)25-17-9-12(2)19-16(11-24-21(19)20(14)17)13-5-7-15(22)8-6-13/h5-11H,3-4H2,1-2H3. The second-order valence-electron chi connectivity index (χ2n) is 6.27. The highest BCUT2D eigenvalue weighted by Crippen LogP contribution is 2.38. The summed E-state index contributed by atoms with van der Waals surface area (Å²) in [6.07, 6.45) is 3.37. The van der Waals surface area contributed by atoms with Crippen molar-refractivity contribution in [3.05, 3.63) is 70.0 Å². The van der Waals surface area contributed by atoms with Crippen LogP contribution in [-0.2, 0) is 6.42 Å². The van der Waals surface area contributed by atoms with Crippen LogP contribution in [0.2, 0.25) is 0 Å². The van der Waals surface area contributed by atoms with E-state index in [1.54, 1.807) is 24.5 Å². The molecule has 25 heavy (non-hydrogen) atoms. The summed E-state index contributed by atoms with van der Waals surface area (Å²) in [4.78, 5) is 11.9. The van der Waals surface area contributed by atoms with Crippen LogP contribution in [-0.4, -0.2) is 0 Å². The summed E-state index contributed by atoms with van der Waals surface area (Å²) in [6.45, 7) is 4.02. The third-order valence-corrected chi connectivity index (χ3v) is 4.50. The molecule has 2 aromatic heterocycles. The SMILES string of the molecule is CCCc1cc(=O)oc2cc(C)c3c(-c4ccc(F)cc4)coc3c12. The van der Waals surface area contributed by atoms with Gasteiger partial charge in [0.05, 0.1) is 11.6 Å². The van der Waals surface area contributed by atoms with Crippen molar-refractivity contribution in [2.45, 2.75) is 26.7 Å². The molecule has 0 aliphatic heterocycles. The molecule has 0 unspecified atom stereocenters. The van der Waals surface area contributed by atoms with Gasteiger partial charge in [0.1, 0.15) is 17.0 Å². The average molecular weight is 336 g/mol. The van der Waals surface area contributed by atoms with Gasteiger partial charge in [0.25, 0.3) is 0 Å². The van der Waals surface area contributed by atoms with Gasteiger partial charge in [-0.25, -0.2) is 9.18 Å². The minimum absolute atomic E-state index is 0.272. The van der Waals surface area contributed by atoms with Crippen molar-refractivity contribution in [3.8, 4) is 11.1 Å². The van der Waals surface area contributed by atoms with Gasteiger partial charge >= 0.3 is 5.63 Å². The van der Waals surface area contributed by atoms with E-state index in [0.717, 1.165) is 45.9 Å². The predicted molar refractivity (Wildman–Crippen MR) is 96.4 cm³/mol.